The Morgan fingerprint density at radius 2 is 1.86 bits per heavy atom. The zero-order valence-electron chi connectivity index (χ0n) is 12.8. The SMILES string of the molecule is CCC(C)c1ccccc1OC(=O)/C=C/c1ccc(F)cc1. The minimum Gasteiger partial charge on any atom is -0.423 e. The molecule has 0 aromatic heterocycles. The molecule has 0 N–H and O–H groups in total. The number of para-hydroxylation sites is 1. The van der Waals surface area contributed by atoms with E-state index in [4.69, 9.17) is 4.74 Å². The van der Waals surface area contributed by atoms with Crippen molar-refractivity contribution in [3.05, 3.63) is 71.6 Å². The monoisotopic (exact) mass is 298 g/mol. The third-order valence-electron chi connectivity index (χ3n) is 3.55. The Balaban J connectivity index is 2.08. The van der Waals surface area contributed by atoms with E-state index in [0.717, 1.165) is 17.5 Å². The van der Waals surface area contributed by atoms with Gasteiger partial charge in [0.05, 0.1) is 0 Å². The normalized spacial score (nSPS) is 12.3. The number of hydrogen-bond acceptors (Lipinski definition) is 2. The fourth-order valence-corrected chi connectivity index (χ4v) is 2.08. The van der Waals surface area contributed by atoms with Crippen LogP contribution in [0.2, 0.25) is 0 Å². The van der Waals surface area contributed by atoms with Crippen LogP contribution < -0.4 is 4.74 Å². The summed E-state index contributed by atoms with van der Waals surface area (Å²) in [6.45, 7) is 4.19. The van der Waals surface area contributed by atoms with Crippen molar-refractivity contribution < 1.29 is 13.9 Å². The molecule has 0 saturated heterocycles. The van der Waals surface area contributed by atoms with Crippen LogP contribution in [0.15, 0.2) is 54.6 Å². The van der Waals surface area contributed by atoms with Gasteiger partial charge >= 0.3 is 5.97 Å². The minimum atomic E-state index is -0.444. The lowest BCUT2D eigenvalue weighted by molar-refractivity contribution is -0.128. The Morgan fingerprint density at radius 3 is 2.55 bits per heavy atom. The third kappa shape index (κ3) is 4.29. The van der Waals surface area contributed by atoms with E-state index in [-0.39, 0.29) is 5.82 Å². The fourth-order valence-electron chi connectivity index (χ4n) is 2.08. The summed E-state index contributed by atoms with van der Waals surface area (Å²) in [6, 6.07) is 13.5. The van der Waals surface area contributed by atoms with Crippen LogP contribution in [0.3, 0.4) is 0 Å². The summed E-state index contributed by atoms with van der Waals surface area (Å²) < 4.78 is 18.2. The van der Waals surface area contributed by atoms with Gasteiger partial charge in [-0.1, -0.05) is 44.2 Å². The van der Waals surface area contributed by atoms with Crippen molar-refractivity contribution in [2.75, 3.05) is 0 Å². The van der Waals surface area contributed by atoms with Crippen molar-refractivity contribution in [2.24, 2.45) is 0 Å². The Bertz CT molecular complexity index is 659. The van der Waals surface area contributed by atoms with Crippen LogP contribution in [0.25, 0.3) is 6.08 Å². The first-order valence-electron chi connectivity index (χ1n) is 7.34. The second kappa shape index (κ2) is 7.55. The molecule has 0 amide bonds. The average molecular weight is 298 g/mol. The van der Waals surface area contributed by atoms with Crippen LogP contribution in [-0.4, -0.2) is 5.97 Å². The van der Waals surface area contributed by atoms with Gasteiger partial charge in [0.15, 0.2) is 0 Å². The smallest absolute Gasteiger partial charge is 0.336 e. The molecular weight excluding hydrogens is 279 g/mol. The highest BCUT2D eigenvalue weighted by molar-refractivity contribution is 5.88. The number of carbonyl (C=O) groups is 1. The standard InChI is InChI=1S/C19H19FO2/c1-3-14(2)17-6-4-5-7-18(17)22-19(21)13-10-15-8-11-16(20)12-9-15/h4-14H,3H2,1-2H3/b13-10+. The largest absolute Gasteiger partial charge is 0.423 e. The molecule has 3 heteroatoms. The minimum absolute atomic E-state index is 0.304. The van der Waals surface area contributed by atoms with Crippen LogP contribution >= 0.6 is 0 Å². The lowest BCUT2D eigenvalue weighted by Gasteiger charge is -2.13. The molecule has 2 rings (SSSR count). The molecule has 0 heterocycles. The Labute approximate surface area is 130 Å². The van der Waals surface area contributed by atoms with Gasteiger partial charge in [-0.15, -0.1) is 0 Å². The van der Waals surface area contributed by atoms with Gasteiger partial charge in [0.2, 0.25) is 0 Å². The molecule has 0 bridgehead atoms. The van der Waals surface area contributed by atoms with Gasteiger partial charge in [0, 0.05) is 6.08 Å². The van der Waals surface area contributed by atoms with E-state index in [0.29, 0.717) is 11.7 Å². The van der Waals surface area contributed by atoms with Gasteiger partial charge in [-0.25, -0.2) is 9.18 Å². The number of benzene rings is 2. The maximum absolute atomic E-state index is 12.8. The Morgan fingerprint density at radius 1 is 1.18 bits per heavy atom. The summed E-state index contributed by atoms with van der Waals surface area (Å²) >= 11 is 0. The molecule has 0 aliphatic heterocycles. The molecule has 0 fully saturated rings. The predicted molar refractivity (Wildman–Crippen MR) is 86.2 cm³/mol. The zero-order chi connectivity index (χ0) is 15.9. The molecule has 22 heavy (non-hydrogen) atoms. The van der Waals surface area contributed by atoms with E-state index in [1.807, 2.05) is 18.2 Å². The summed E-state index contributed by atoms with van der Waals surface area (Å²) in [7, 11) is 0. The first kappa shape index (κ1) is 16.0. The molecule has 0 aliphatic carbocycles. The number of hydrogen-bond donors (Lipinski definition) is 0. The van der Waals surface area contributed by atoms with Crippen LogP contribution in [0.5, 0.6) is 5.75 Å². The summed E-state index contributed by atoms with van der Waals surface area (Å²) in [5.41, 5.74) is 1.77. The van der Waals surface area contributed by atoms with Gasteiger partial charge in [0.25, 0.3) is 0 Å². The molecule has 2 aromatic carbocycles. The fraction of sp³-hybridized carbons (Fsp3) is 0.211. The topological polar surface area (TPSA) is 26.3 Å². The molecule has 1 unspecified atom stereocenters. The number of rotatable bonds is 5. The average Bonchev–Trinajstić information content (AvgIpc) is 2.54. The van der Waals surface area contributed by atoms with Gasteiger partial charge < -0.3 is 4.74 Å². The lowest BCUT2D eigenvalue weighted by Crippen LogP contribution is -2.06. The second-order valence-electron chi connectivity index (χ2n) is 5.15. The van der Waals surface area contributed by atoms with Crippen LogP contribution in [0, 0.1) is 5.82 Å². The molecule has 1 atom stereocenters. The summed E-state index contributed by atoms with van der Waals surface area (Å²) in [6.07, 6.45) is 3.92. The van der Waals surface area contributed by atoms with Crippen molar-refractivity contribution in [3.63, 3.8) is 0 Å². The second-order valence-corrected chi connectivity index (χ2v) is 5.15. The quantitative estimate of drug-likeness (QED) is 0.443. The van der Waals surface area contributed by atoms with E-state index >= 15 is 0 Å². The highest BCUT2D eigenvalue weighted by Crippen LogP contribution is 2.28. The number of ether oxygens (including phenoxy) is 1. The molecule has 0 saturated carbocycles. The summed E-state index contributed by atoms with van der Waals surface area (Å²) in [5, 5.41) is 0. The van der Waals surface area contributed by atoms with E-state index in [2.05, 4.69) is 13.8 Å². The van der Waals surface area contributed by atoms with E-state index < -0.39 is 5.97 Å². The van der Waals surface area contributed by atoms with Crippen molar-refractivity contribution in [1.29, 1.82) is 0 Å². The predicted octanol–water partition coefficient (Wildman–Crippen LogP) is 4.96. The third-order valence-corrected chi connectivity index (χ3v) is 3.55. The van der Waals surface area contributed by atoms with Gasteiger partial charge in [-0.3, -0.25) is 0 Å². The highest BCUT2D eigenvalue weighted by atomic mass is 19.1. The van der Waals surface area contributed by atoms with Crippen molar-refractivity contribution in [3.8, 4) is 5.75 Å². The first-order chi connectivity index (χ1) is 10.6. The molecule has 2 aromatic rings. The zero-order valence-corrected chi connectivity index (χ0v) is 12.8. The number of carbonyl (C=O) groups excluding carboxylic acids is 1. The van der Waals surface area contributed by atoms with Crippen molar-refractivity contribution in [2.45, 2.75) is 26.2 Å². The number of esters is 1. The van der Waals surface area contributed by atoms with Crippen molar-refractivity contribution in [1.82, 2.24) is 0 Å². The summed E-state index contributed by atoms with van der Waals surface area (Å²) in [5.74, 6) is 0.165. The van der Waals surface area contributed by atoms with E-state index in [1.165, 1.54) is 18.2 Å². The maximum Gasteiger partial charge on any atom is 0.336 e. The Kier molecular flexibility index (Phi) is 5.48. The first-order valence-corrected chi connectivity index (χ1v) is 7.34. The summed E-state index contributed by atoms with van der Waals surface area (Å²) in [4.78, 5) is 11.9. The van der Waals surface area contributed by atoms with Gasteiger partial charge in [-0.2, -0.15) is 0 Å². The molecule has 0 radical (unpaired) electrons. The maximum atomic E-state index is 12.8. The van der Waals surface area contributed by atoms with E-state index in [9.17, 15) is 9.18 Å². The van der Waals surface area contributed by atoms with Gasteiger partial charge in [0.1, 0.15) is 11.6 Å². The molecule has 2 nitrogen and oxygen atoms in total. The molecule has 0 aliphatic rings. The van der Waals surface area contributed by atoms with Crippen molar-refractivity contribution >= 4 is 12.0 Å². The highest BCUT2D eigenvalue weighted by Gasteiger charge is 2.11. The number of halogens is 1. The van der Waals surface area contributed by atoms with Gasteiger partial charge in [-0.05, 0) is 47.7 Å². The van der Waals surface area contributed by atoms with Crippen LogP contribution in [-0.2, 0) is 4.79 Å². The van der Waals surface area contributed by atoms with E-state index in [1.54, 1.807) is 24.3 Å². The molecule has 114 valence electrons. The molecular formula is C19H19FO2. The lowest BCUT2D eigenvalue weighted by atomic mass is 9.98. The van der Waals surface area contributed by atoms with Crippen LogP contribution in [0.1, 0.15) is 37.3 Å². The Hall–Kier alpha value is -2.42. The van der Waals surface area contributed by atoms with Crippen LogP contribution in [0.4, 0.5) is 4.39 Å². The molecule has 0 spiro atoms.